The monoisotopic (exact) mass is 185 g/mol. The number of hydrogen-bond acceptors (Lipinski definition) is 1. The standard InChI is InChI=1S/C12H11NO/c1-9(8-13-2)10-3-4-12-11(7-10)5-6-14-12/h3-4,7-8H,5-6H2,1H3. The van der Waals surface area contributed by atoms with Gasteiger partial charge in [-0.15, -0.1) is 0 Å². The third-order valence-corrected chi connectivity index (χ3v) is 2.40. The zero-order valence-electron chi connectivity index (χ0n) is 8.08. The van der Waals surface area contributed by atoms with Gasteiger partial charge in [0, 0.05) is 6.42 Å². The number of nitrogens with zero attached hydrogens (tertiary/aromatic N) is 1. The summed E-state index contributed by atoms with van der Waals surface area (Å²) in [5, 5.41) is 0. The van der Waals surface area contributed by atoms with Gasteiger partial charge in [-0.2, -0.15) is 0 Å². The van der Waals surface area contributed by atoms with Crippen LogP contribution in [-0.2, 0) is 6.42 Å². The lowest BCUT2D eigenvalue weighted by Gasteiger charge is -2.03. The third-order valence-electron chi connectivity index (χ3n) is 2.40. The Morgan fingerprint density at radius 1 is 1.57 bits per heavy atom. The fourth-order valence-electron chi connectivity index (χ4n) is 1.60. The van der Waals surface area contributed by atoms with E-state index in [4.69, 9.17) is 11.3 Å². The Labute approximate surface area is 83.6 Å². The summed E-state index contributed by atoms with van der Waals surface area (Å²) in [7, 11) is 0. The summed E-state index contributed by atoms with van der Waals surface area (Å²) in [5.74, 6) is 0.990. The molecule has 0 radical (unpaired) electrons. The molecule has 1 aliphatic heterocycles. The van der Waals surface area contributed by atoms with Gasteiger partial charge in [0.15, 0.2) is 6.20 Å². The lowest BCUT2D eigenvalue weighted by molar-refractivity contribution is 0.357. The van der Waals surface area contributed by atoms with Gasteiger partial charge in [0.1, 0.15) is 5.75 Å². The molecule has 1 heterocycles. The van der Waals surface area contributed by atoms with Gasteiger partial charge in [0.05, 0.1) is 13.2 Å². The highest BCUT2D eigenvalue weighted by atomic mass is 16.5. The fraction of sp³-hybridized carbons (Fsp3) is 0.250. The highest BCUT2D eigenvalue weighted by molar-refractivity contribution is 5.66. The molecule has 2 heteroatoms. The number of benzene rings is 1. The lowest BCUT2D eigenvalue weighted by Crippen LogP contribution is -1.85. The average Bonchev–Trinajstić information content (AvgIpc) is 2.64. The summed E-state index contributed by atoms with van der Waals surface area (Å²) >= 11 is 0. The summed E-state index contributed by atoms with van der Waals surface area (Å²) in [6, 6.07) is 6.10. The zero-order chi connectivity index (χ0) is 9.97. The largest absolute Gasteiger partial charge is 0.493 e. The van der Waals surface area contributed by atoms with E-state index < -0.39 is 0 Å². The maximum Gasteiger partial charge on any atom is 0.157 e. The normalized spacial score (nSPS) is 14.4. The Balaban J connectivity index is 2.39. The number of hydrogen-bond donors (Lipinski definition) is 0. The van der Waals surface area contributed by atoms with E-state index in [1.54, 1.807) is 6.20 Å². The van der Waals surface area contributed by atoms with Crippen molar-refractivity contribution in [2.24, 2.45) is 0 Å². The summed E-state index contributed by atoms with van der Waals surface area (Å²) in [6.45, 7) is 9.50. The van der Waals surface area contributed by atoms with Crippen molar-refractivity contribution >= 4 is 5.57 Å². The number of rotatable bonds is 1. The summed E-state index contributed by atoms with van der Waals surface area (Å²) in [6.07, 6.45) is 2.53. The molecule has 0 spiro atoms. The molecule has 0 saturated heterocycles. The first-order chi connectivity index (χ1) is 6.81. The van der Waals surface area contributed by atoms with Crippen molar-refractivity contribution < 1.29 is 4.74 Å². The van der Waals surface area contributed by atoms with Gasteiger partial charge in [-0.3, -0.25) is 0 Å². The number of fused-ring (bicyclic) bond motifs is 1. The van der Waals surface area contributed by atoms with Crippen LogP contribution in [-0.4, -0.2) is 6.61 Å². The predicted octanol–water partition coefficient (Wildman–Crippen LogP) is 2.90. The van der Waals surface area contributed by atoms with Crippen LogP contribution in [0, 0.1) is 6.57 Å². The van der Waals surface area contributed by atoms with Gasteiger partial charge in [0.25, 0.3) is 0 Å². The molecule has 1 aliphatic rings. The molecular formula is C12H11NO. The van der Waals surface area contributed by atoms with E-state index in [0.29, 0.717) is 0 Å². The maximum absolute atomic E-state index is 6.76. The van der Waals surface area contributed by atoms with Crippen LogP contribution < -0.4 is 4.74 Å². The van der Waals surface area contributed by atoms with Crippen molar-refractivity contribution in [1.82, 2.24) is 0 Å². The first-order valence-corrected chi connectivity index (χ1v) is 4.60. The second-order valence-electron chi connectivity index (χ2n) is 3.36. The van der Waals surface area contributed by atoms with Crippen LogP contribution >= 0.6 is 0 Å². The molecule has 0 unspecified atom stereocenters. The SMILES string of the molecule is [C-]#[N+]C=C(C)c1ccc2c(c1)CCO2. The second-order valence-corrected chi connectivity index (χ2v) is 3.36. The van der Waals surface area contributed by atoms with Crippen molar-refractivity contribution in [3.8, 4) is 5.75 Å². The molecule has 1 aromatic rings. The smallest absolute Gasteiger partial charge is 0.157 e. The highest BCUT2D eigenvalue weighted by Crippen LogP contribution is 2.28. The first-order valence-electron chi connectivity index (χ1n) is 4.60. The van der Waals surface area contributed by atoms with Crippen molar-refractivity contribution in [1.29, 1.82) is 0 Å². The molecule has 0 bridgehead atoms. The Morgan fingerprint density at radius 2 is 2.43 bits per heavy atom. The minimum Gasteiger partial charge on any atom is -0.493 e. The van der Waals surface area contributed by atoms with Gasteiger partial charge in [-0.05, 0) is 35.8 Å². The Bertz CT molecular complexity index is 426. The van der Waals surface area contributed by atoms with Crippen LogP contribution in [0.5, 0.6) is 5.75 Å². The van der Waals surface area contributed by atoms with Gasteiger partial charge in [-0.1, -0.05) is 6.07 Å². The Kier molecular flexibility index (Phi) is 2.24. The summed E-state index contributed by atoms with van der Waals surface area (Å²) in [5.41, 5.74) is 3.38. The predicted molar refractivity (Wildman–Crippen MR) is 55.9 cm³/mol. The van der Waals surface area contributed by atoms with Crippen LogP contribution in [0.15, 0.2) is 24.4 Å². The van der Waals surface area contributed by atoms with E-state index in [-0.39, 0.29) is 0 Å². The van der Waals surface area contributed by atoms with Crippen LogP contribution in [0.3, 0.4) is 0 Å². The quantitative estimate of drug-likeness (QED) is 0.613. The molecule has 0 N–H and O–H groups in total. The van der Waals surface area contributed by atoms with E-state index in [2.05, 4.69) is 10.9 Å². The molecule has 14 heavy (non-hydrogen) atoms. The van der Waals surface area contributed by atoms with E-state index in [1.165, 1.54) is 5.56 Å². The fourth-order valence-corrected chi connectivity index (χ4v) is 1.60. The summed E-state index contributed by atoms with van der Waals surface area (Å²) in [4.78, 5) is 3.26. The van der Waals surface area contributed by atoms with Crippen molar-refractivity contribution in [2.45, 2.75) is 13.3 Å². The van der Waals surface area contributed by atoms with E-state index in [0.717, 1.165) is 29.9 Å². The molecule has 2 nitrogen and oxygen atoms in total. The lowest BCUT2D eigenvalue weighted by atomic mass is 10.0. The highest BCUT2D eigenvalue weighted by Gasteiger charge is 2.11. The second kappa shape index (κ2) is 3.55. The number of ether oxygens (including phenoxy) is 1. The molecule has 1 aromatic carbocycles. The molecule has 0 amide bonds. The van der Waals surface area contributed by atoms with Gasteiger partial charge >= 0.3 is 0 Å². The first kappa shape index (κ1) is 8.83. The molecular weight excluding hydrogens is 174 g/mol. The molecule has 0 atom stereocenters. The van der Waals surface area contributed by atoms with Crippen molar-refractivity contribution in [3.05, 3.63) is 46.9 Å². The Hall–Kier alpha value is -1.75. The molecule has 0 saturated carbocycles. The molecule has 0 aromatic heterocycles. The molecule has 70 valence electrons. The zero-order valence-corrected chi connectivity index (χ0v) is 8.08. The summed E-state index contributed by atoms with van der Waals surface area (Å²) < 4.78 is 5.41. The molecule has 0 fully saturated rings. The maximum atomic E-state index is 6.76. The average molecular weight is 185 g/mol. The van der Waals surface area contributed by atoms with Crippen LogP contribution in [0.25, 0.3) is 10.4 Å². The topological polar surface area (TPSA) is 13.6 Å². The molecule has 2 rings (SSSR count). The van der Waals surface area contributed by atoms with Crippen LogP contribution in [0.2, 0.25) is 0 Å². The van der Waals surface area contributed by atoms with Gasteiger partial charge < -0.3 is 4.74 Å². The van der Waals surface area contributed by atoms with Crippen molar-refractivity contribution in [2.75, 3.05) is 6.61 Å². The minimum absolute atomic E-state index is 0.782. The van der Waals surface area contributed by atoms with Crippen LogP contribution in [0.4, 0.5) is 0 Å². The van der Waals surface area contributed by atoms with Gasteiger partial charge in [0.2, 0.25) is 0 Å². The third kappa shape index (κ3) is 1.49. The van der Waals surface area contributed by atoms with Crippen molar-refractivity contribution in [3.63, 3.8) is 0 Å². The van der Waals surface area contributed by atoms with E-state index in [1.807, 2.05) is 19.1 Å². The minimum atomic E-state index is 0.782. The van der Waals surface area contributed by atoms with Gasteiger partial charge in [-0.25, -0.2) is 4.85 Å². The molecule has 0 aliphatic carbocycles. The number of allylic oxidation sites excluding steroid dienone is 1. The van der Waals surface area contributed by atoms with E-state index >= 15 is 0 Å². The Morgan fingerprint density at radius 3 is 3.21 bits per heavy atom. The van der Waals surface area contributed by atoms with Crippen LogP contribution in [0.1, 0.15) is 18.1 Å². The van der Waals surface area contributed by atoms with E-state index in [9.17, 15) is 0 Å².